The van der Waals surface area contributed by atoms with Crippen LogP contribution in [0.25, 0.3) is 11.0 Å². The Hall–Kier alpha value is -2.85. The van der Waals surface area contributed by atoms with Crippen molar-refractivity contribution in [3.8, 4) is 5.88 Å². The molecule has 0 amide bonds. The summed E-state index contributed by atoms with van der Waals surface area (Å²) in [7, 11) is 3.79. The van der Waals surface area contributed by atoms with Gasteiger partial charge in [-0.25, -0.2) is 4.98 Å². The maximum Gasteiger partial charge on any atom is 0.257 e. The summed E-state index contributed by atoms with van der Waals surface area (Å²) in [5.74, 6) is 2.46. The van der Waals surface area contributed by atoms with E-state index in [1.165, 1.54) is 0 Å². The van der Waals surface area contributed by atoms with Gasteiger partial charge in [-0.3, -0.25) is 4.68 Å². The van der Waals surface area contributed by atoms with Gasteiger partial charge in [-0.15, -0.1) is 5.10 Å². The number of rotatable bonds is 6. The first-order valence-corrected chi connectivity index (χ1v) is 10.3. The van der Waals surface area contributed by atoms with E-state index >= 15 is 0 Å². The zero-order chi connectivity index (χ0) is 20.7. The Kier molecular flexibility index (Phi) is 4.95. The second-order valence-corrected chi connectivity index (χ2v) is 7.95. The highest BCUT2D eigenvalue weighted by atomic mass is 16.6. The summed E-state index contributed by atoms with van der Waals surface area (Å²) in [5, 5.41) is 12.0. The molecule has 2 N–H and O–H groups in total. The number of hydrogen-bond donors (Lipinski definition) is 2. The van der Waals surface area contributed by atoms with Crippen LogP contribution in [0.4, 0.5) is 17.5 Å². The zero-order valence-electron chi connectivity index (χ0n) is 17.5. The topological polar surface area (TPSA) is 100 Å². The number of nitrogens with one attached hydrogen (secondary N) is 2. The lowest BCUT2D eigenvalue weighted by Gasteiger charge is -2.31. The van der Waals surface area contributed by atoms with Gasteiger partial charge in [0.15, 0.2) is 0 Å². The predicted octanol–water partition coefficient (Wildman–Crippen LogP) is 2.33. The summed E-state index contributed by atoms with van der Waals surface area (Å²) < 4.78 is 20.7. The van der Waals surface area contributed by atoms with Crippen LogP contribution in [0.3, 0.4) is 0 Å². The molecule has 0 radical (unpaired) electrons. The molecule has 160 valence electrons. The lowest BCUT2D eigenvalue weighted by molar-refractivity contribution is -0.0812. The Morgan fingerprint density at radius 1 is 1.23 bits per heavy atom. The van der Waals surface area contributed by atoms with Crippen molar-refractivity contribution < 1.29 is 14.2 Å². The first-order chi connectivity index (χ1) is 14.6. The quantitative estimate of drug-likeness (QED) is 0.635. The molecule has 0 aromatic carbocycles. The molecule has 10 nitrogen and oxygen atoms in total. The molecule has 5 rings (SSSR count). The van der Waals surface area contributed by atoms with E-state index in [9.17, 15) is 0 Å². The number of hydrogen-bond acceptors (Lipinski definition) is 8. The van der Waals surface area contributed by atoms with Crippen molar-refractivity contribution in [1.29, 1.82) is 0 Å². The van der Waals surface area contributed by atoms with Crippen LogP contribution in [0, 0.1) is 5.92 Å². The SMILES string of the molecule is CNc1cc2cnc(Nc3cn(C)nc3OC3COC3)nc2n1[C@H]1CCOC[C@@H]1C. The van der Waals surface area contributed by atoms with Crippen molar-refractivity contribution in [3.05, 3.63) is 18.5 Å². The number of ether oxygens (including phenoxy) is 3. The summed E-state index contributed by atoms with van der Waals surface area (Å²) >= 11 is 0. The smallest absolute Gasteiger partial charge is 0.257 e. The highest BCUT2D eigenvalue weighted by Gasteiger charge is 2.28. The largest absolute Gasteiger partial charge is 0.467 e. The third-order valence-corrected chi connectivity index (χ3v) is 5.69. The van der Waals surface area contributed by atoms with E-state index in [0.717, 1.165) is 42.2 Å². The Bertz CT molecular complexity index is 1040. The Labute approximate surface area is 174 Å². The first kappa shape index (κ1) is 19.1. The monoisotopic (exact) mass is 413 g/mol. The lowest BCUT2D eigenvalue weighted by atomic mass is 9.97. The second kappa shape index (κ2) is 7.77. The molecule has 3 aromatic rings. The molecule has 5 heterocycles. The summed E-state index contributed by atoms with van der Waals surface area (Å²) in [6, 6.07) is 2.41. The van der Waals surface area contributed by atoms with Gasteiger partial charge in [0, 0.05) is 44.2 Å². The summed E-state index contributed by atoms with van der Waals surface area (Å²) in [6.45, 7) is 4.91. The van der Waals surface area contributed by atoms with Crippen LogP contribution in [-0.4, -0.2) is 63.9 Å². The van der Waals surface area contributed by atoms with Crippen LogP contribution in [0.5, 0.6) is 5.88 Å². The van der Waals surface area contributed by atoms with Gasteiger partial charge in [-0.1, -0.05) is 6.92 Å². The van der Waals surface area contributed by atoms with Crippen LogP contribution in [0.1, 0.15) is 19.4 Å². The summed E-state index contributed by atoms with van der Waals surface area (Å²) in [4.78, 5) is 9.37. The molecule has 2 aliphatic rings. The Morgan fingerprint density at radius 2 is 2.10 bits per heavy atom. The third-order valence-electron chi connectivity index (χ3n) is 5.69. The second-order valence-electron chi connectivity index (χ2n) is 7.95. The van der Waals surface area contributed by atoms with E-state index in [2.05, 4.69) is 38.3 Å². The van der Waals surface area contributed by atoms with Crippen LogP contribution >= 0.6 is 0 Å². The van der Waals surface area contributed by atoms with Gasteiger partial charge >= 0.3 is 0 Å². The molecule has 2 fully saturated rings. The molecule has 2 saturated heterocycles. The molecule has 0 bridgehead atoms. The lowest BCUT2D eigenvalue weighted by Crippen LogP contribution is -2.38. The summed E-state index contributed by atoms with van der Waals surface area (Å²) in [6.07, 6.45) is 4.70. The highest BCUT2D eigenvalue weighted by Crippen LogP contribution is 2.35. The molecular formula is C20H27N7O3. The molecule has 30 heavy (non-hydrogen) atoms. The van der Waals surface area contributed by atoms with Crippen molar-refractivity contribution in [2.24, 2.45) is 13.0 Å². The normalized spacial score (nSPS) is 22.1. The number of anilines is 3. The van der Waals surface area contributed by atoms with E-state index in [4.69, 9.17) is 19.2 Å². The standard InChI is InChI=1S/C20H27N7O3/c1-12-9-28-5-4-16(12)27-17(21-2)6-13-7-22-20(24-18(13)27)23-15-8-26(3)25-19(15)30-14-10-29-11-14/h6-8,12,14,16,21H,4-5,9-11H2,1-3H3,(H,22,23,24)/t12-,16-/m0/s1. The van der Waals surface area contributed by atoms with Crippen molar-refractivity contribution in [3.63, 3.8) is 0 Å². The summed E-state index contributed by atoms with van der Waals surface area (Å²) in [5.41, 5.74) is 1.63. The van der Waals surface area contributed by atoms with Crippen LogP contribution in [0.15, 0.2) is 18.5 Å². The van der Waals surface area contributed by atoms with E-state index in [1.807, 2.05) is 26.5 Å². The predicted molar refractivity (Wildman–Crippen MR) is 112 cm³/mol. The minimum atomic E-state index is 0.0364. The fraction of sp³-hybridized carbons (Fsp3) is 0.550. The Balaban J connectivity index is 1.48. The van der Waals surface area contributed by atoms with Crippen molar-refractivity contribution >= 4 is 28.5 Å². The Morgan fingerprint density at radius 3 is 2.83 bits per heavy atom. The average Bonchev–Trinajstić information content (AvgIpc) is 3.24. The maximum absolute atomic E-state index is 5.91. The van der Waals surface area contributed by atoms with Gasteiger partial charge in [0.2, 0.25) is 5.95 Å². The number of fused-ring (bicyclic) bond motifs is 1. The minimum Gasteiger partial charge on any atom is -0.467 e. The minimum absolute atomic E-state index is 0.0364. The molecule has 10 heteroatoms. The van der Waals surface area contributed by atoms with Gasteiger partial charge in [0.05, 0.1) is 26.0 Å². The van der Waals surface area contributed by atoms with Crippen LogP contribution < -0.4 is 15.4 Å². The van der Waals surface area contributed by atoms with Gasteiger partial charge in [-0.05, 0) is 12.5 Å². The zero-order valence-corrected chi connectivity index (χ0v) is 17.5. The van der Waals surface area contributed by atoms with Crippen molar-refractivity contribution in [2.45, 2.75) is 25.5 Å². The van der Waals surface area contributed by atoms with Gasteiger partial charge < -0.3 is 29.4 Å². The first-order valence-electron chi connectivity index (χ1n) is 10.3. The molecule has 2 atom stereocenters. The van der Waals surface area contributed by atoms with Gasteiger partial charge in [0.1, 0.15) is 23.3 Å². The maximum atomic E-state index is 5.91. The fourth-order valence-electron chi connectivity index (χ4n) is 4.05. The van der Waals surface area contributed by atoms with Crippen LogP contribution in [-0.2, 0) is 16.5 Å². The molecule has 0 spiro atoms. The fourth-order valence-corrected chi connectivity index (χ4v) is 4.05. The molecule has 0 unspecified atom stereocenters. The molecule has 2 aliphatic heterocycles. The van der Waals surface area contributed by atoms with E-state index in [-0.39, 0.29) is 6.10 Å². The van der Waals surface area contributed by atoms with Crippen molar-refractivity contribution in [2.75, 3.05) is 44.1 Å². The van der Waals surface area contributed by atoms with E-state index < -0.39 is 0 Å². The number of aryl methyl sites for hydroxylation is 1. The van der Waals surface area contributed by atoms with Crippen molar-refractivity contribution in [1.82, 2.24) is 24.3 Å². The van der Waals surface area contributed by atoms with Crippen LogP contribution in [0.2, 0.25) is 0 Å². The van der Waals surface area contributed by atoms with E-state index in [1.54, 1.807) is 4.68 Å². The molecule has 3 aromatic heterocycles. The van der Waals surface area contributed by atoms with Gasteiger partial charge in [-0.2, -0.15) is 4.98 Å². The molecule has 0 saturated carbocycles. The number of nitrogens with zero attached hydrogens (tertiary/aromatic N) is 5. The van der Waals surface area contributed by atoms with E-state index in [0.29, 0.717) is 37.0 Å². The molecule has 0 aliphatic carbocycles. The average molecular weight is 413 g/mol. The molecular weight excluding hydrogens is 386 g/mol. The third kappa shape index (κ3) is 3.46. The number of aromatic nitrogens is 5. The highest BCUT2D eigenvalue weighted by molar-refractivity contribution is 5.82. The van der Waals surface area contributed by atoms with Gasteiger partial charge in [0.25, 0.3) is 5.88 Å².